The summed E-state index contributed by atoms with van der Waals surface area (Å²) in [6.07, 6.45) is -0.826. The molecule has 1 fully saturated rings. The highest BCUT2D eigenvalue weighted by molar-refractivity contribution is 7.12. The Morgan fingerprint density at radius 1 is 1.45 bits per heavy atom. The smallest absolute Gasteiger partial charge is 0.326 e. The van der Waals surface area contributed by atoms with Gasteiger partial charge in [-0.1, -0.05) is 6.07 Å². The van der Waals surface area contributed by atoms with Crippen LogP contribution in [0.3, 0.4) is 0 Å². The highest BCUT2D eigenvalue weighted by atomic mass is 32.1. The summed E-state index contributed by atoms with van der Waals surface area (Å²) >= 11 is 1.25. The van der Waals surface area contributed by atoms with Gasteiger partial charge in [0.15, 0.2) is 0 Å². The Morgan fingerprint density at radius 2 is 2.20 bits per heavy atom. The highest BCUT2D eigenvalue weighted by Gasteiger charge is 2.38. The molecule has 3 N–H and O–H groups in total. The minimum Gasteiger partial charge on any atom is -0.480 e. The third-order valence-electron chi connectivity index (χ3n) is 3.03. The highest BCUT2D eigenvalue weighted by Crippen LogP contribution is 2.18. The molecule has 0 spiro atoms. The van der Waals surface area contributed by atoms with Crippen LogP contribution >= 0.6 is 11.3 Å². The molecular formula is C12H14N2O5S. The largest absolute Gasteiger partial charge is 0.480 e. The lowest BCUT2D eigenvalue weighted by Crippen LogP contribution is -2.45. The van der Waals surface area contributed by atoms with E-state index in [4.69, 9.17) is 5.11 Å². The third-order valence-corrected chi connectivity index (χ3v) is 3.90. The van der Waals surface area contributed by atoms with Crippen LogP contribution in [0.1, 0.15) is 16.1 Å². The van der Waals surface area contributed by atoms with Crippen molar-refractivity contribution in [3.8, 4) is 0 Å². The fraction of sp³-hybridized carbons (Fsp3) is 0.417. The van der Waals surface area contributed by atoms with Gasteiger partial charge in [0.2, 0.25) is 5.91 Å². The lowest BCUT2D eigenvalue weighted by atomic mass is 10.2. The Hall–Kier alpha value is -1.93. The standard InChI is InChI=1S/C12H14N2O5S/c15-7-4-8(12(18)19)14(6-7)10(16)5-13-11(17)9-2-1-3-20-9/h1-3,7-8,15H,4-6H2,(H,13,17)(H,18,19)/t7-,8-/m1/s1. The number of β-amino-alcohol motifs (C(OH)–C–C–N with tert-alkyl or cyclic N) is 1. The second kappa shape index (κ2) is 6.02. The number of carboxylic acid groups (broad SMARTS) is 1. The van der Waals surface area contributed by atoms with Gasteiger partial charge in [0.1, 0.15) is 6.04 Å². The van der Waals surface area contributed by atoms with E-state index in [0.29, 0.717) is 4.88 Å². The molecule has 0 saturated carbocycles. The zero-order chi connectivity index (χ0) is 14.7. The first kappa shape index (κ1) is 14.5. The number of aliphatic carboxylic acids is 1. The predicted octanol–water partition coefficient (Wildman–Crippen LogP) is -0.476. The number of carbonyl (C=O) groups is 3. The van der Waals surface area contributed by atoms with Gasteiger partial charge in [-0.05, 0) is 11.4 Å². The molecule has 1 aromatic heterocycles. The molecule has 1 aliphatic heterocycles. The first-order chi connectivity index (χ1) is 9.49. The van der Waals surface area contributed by atoms with Crippen LogP contribution in [0.15, 0.2) is 17.5 Å². The molecule has 0 unspecified atom stereocenters. The Labute approximate surface area is 118 Å². The van der Waals surface area contributed by atoms with E-state index in [1.165, 1.54) is 11.3 Å². The number of amides is 2. The number of rotatable bonds is 4. The number of hydrogen-bond acceptors (Lipinski definition) is 5. The van der Waals surface area contributed by atoms with Crippen molar-refractivity contribution in [3.63, 3.8) is 0 Å². The average molecular weight is 298 g/mol. The number of nitrogens with one attached hydrogen (secondary N) is 1. The van der Waals surface area contributed by atoms with Crippen LogP contribution in [0.25, 0.3) is 0 Å². The van der Waals surface area contributed by atoms with Gasteiger partial charge in [0.05, 0.1) is 17.5 Å². The first-order valence-corrected chi connectivity index (χ1v) is 6.89. The van der Waals surface area contributed by atoms with Crippen molar-refractivity contribution in [2.75, 3.05) is 13.1 Å². The third kappa shape index (κ3) is 3.14. The quantitative estimate of drug-likeness (QED) is 0.696. The summed E-state index contributed by atoms with van der Waals surface area (Å²) in [5.74, 6) is -2.04. The Morgan fingerprint density at radius 3 is 2.80 bits per heavy atom. The second-order valence-electron chi connectivity index (χ2n) is 4.45. The Bertz CT molecular complexity index is 516. The molecule has 1 aliphatic rings. The van der Waals surface area contributed by atoms with Gasteiger partial charge in [-0.3, -0.25) is 9.59 Å². The summed E-state index contributed by atoms with van der Waals surface area (Å²) in [4.78, 5) is 36.1. The van der Waals surface area contributed by atoms with Gasteiger partial charge in [0.25, 0.3) is 5.91 Å². The number of carbonyl (C=O) groups excluding carboxylic acids is 2. The SMILES string of the molecule is O=C(NCC(=O)N1C[C@H](O)C[C@@H]1C(=O)O)c1cccs1. The molecule has 1 saturated heterocycles. The van der Waals surface area contributed by atoms with E-state index in [0.717, 1.165) is 4.90 Å². The topological polar surface area (TPSA) is 107 Å². The normalized spacial score (nSPS) is 21.8. The number of thiophene rings is 1. The van der Waals surface area contributed by atoms with Crippen molar-refractivity contribution >= 4 is 29.1 Å². The van der Waals surface area contributed by atoms with Crippen molar-refractivity contribution in [2.45, 2.75) is 18.6 Å². The van der Waals surface area contributed by atoms with E-state index < -0.39 is 24.0 Å². The van der Waals surface area contributed by atoms with Crippen LogP contribution in [0.2, 0.25) is 0 Å². The number of hydrogen-bond donors (Lipinski definition) is 3. The average Bonchev–Trinajstić information content (AvgIpc) is 3.04. The summed E-state index contributed by atoms with van der Waals surface area (Å²) in [5.41, 5.74) is 0. The van der Waals surface area contributed by atoms with Crippen LogP contribution in [-0.4, -0.2) is 58.1 Å². The van der Waals surface area contributed by atoms with Crippen LogP contribution < -0.4 is 5.32 Å². The Kier molecular flexibility index (Phi) is 4.35. The molecule has 7 nitrogen and oxygen atoms in total. The fourth-order valence-electron chi connectivity index (χ4n) is 2.08. The molecular weight excluding hydrogens is 284 g/mol. The molecule has 1 aromatic rings. The van der Waals surface area contributed by atoms with Crippen molar-refractivity contribution in [3.05, 3.63) is 22.4 Å². The molecule has 2 atom stereocenters. The van der Waals surface area contributed by atoms with Crippen LogP contribution in [0, 0.1) is 0 Å². The minimum atomic E-state index is -1.15. The van der Waals surface area contributed by atoms with Gasteiger partial charge < -0.3 is 20.4 Å². The van der Waals surface area contributed by atoms with E-state index in [9.17, 15) is 19.5 Å². The summed E-state index contributed by atoms with van der Waals surface area (Å²) in [6, 6.07) is 2.32. The number of aliphatic hydroxyl groups excluding tert-OH is 1. The Balaban J connectivity index is 1.91. The summed E-state index contributed by atoms with van der Waals surface area (Å²) in [5, 5.41) is 22.6. The van der Waals surface area contributed by atoms with Crippen LogP contribution in [0.5, 0.6) is 0 Å². The minimum absolute atomic E-state index is 0.0138. The molecule has 2 heterocycles. The van der Waals surface area contributed by atoms with E-state index in [1.807, 2.05) is 0 Å². The molecule has 2 rings (SSSR count). The molecule has 0 radical (unpaired) electrons. The number of aliphatic hydroxyl groups is 1. The lowest BCUT2D eigenvalue weighted by molar-refractivity contribution is -0.147. The second-order valence-corrected chi connectivity index (χ2v) is 5.40. The summed E-state index contributed by atoms with van der Waals surface area (Å²) in [7, 11) is 0. The van der Waals surface area contributed by atoms with Crippen molar-refractivity contribution in [1.29, 1.82) is 0 Å². The van der Waals surface area contributed by atoms with Gasteiger partial charge in [-0.15, -0.1) is 11.3 Å². The maximum Gasteiger partial charge on any atom is 0.326 e. The van der Waals surface area contributed by atoms with Gasteiger partial charge in [0, 0.05) is 13.0 Å². The monoisotopic (exact) mass is 298 g/mol. The molecule has 0 aromatic carbocycles. The maximum atomic E-state index is 11.9. The first-order valence-electron chi connectivity index (χ1n) is 6.01. The lowest BCUT2D eigenvalue weighted by Gasteiger charge is -2.21. The van der Waals surface area contributed by atoms with E-state index in [2.05, 4.69) is 5.32 Å². The molecule has 20 heavy (non-hydrogen) atoms. The van der Waals surface area contributed by atoms with Crippen LogP contribution in [-0.2, 0) is 9.59 Å². The molecule has 0 bridgehead atoms. The molecule has 0 aliphatic carbocycles. The number of carboxylic acids is 1. The van der Waals surface area contributed by atoms with Gasteiger partial charge in [-0.2, -0.15) is 0 Å². The summed E-state index contributed by atoms with van der Waals surface area (Å²) < 4.78 is 0. The van der Waals surface area contributed by atoms with E-state index >= 15 is 0 Å². The summed E-state index contributed by atoms with van der Waals surface area (Å²) in [6.45, 7) is -0.308. The number of nitrogens with zero attached hydrogens (tertiary/aromatic N) is 1. The van der Waals surface area contributed by atoms with Gasteiger partial charge >= 0.3 is 5.97 Å². The van der Waals surface area contributed by atoms with Crippen molar-refractivity contribution in [2.24, 2.45) is 0 Å². The fourth-order valence-corrected chi connectivity index (χ4v) is 2.72. The molecule has 108 valence electrons. The number of likely N-dealkylation sites (tertiary alicyclic amines) is 1. The molecule has 2 amide bonds. The predicted molar refractivity (Wildman–Crippen MR) is 70.4 cm³/mol. The van der Waals surface area contributed by atoms with E-state index in [-0.39, 0.29) is 25.4 Å². The van der Waals surface area contributed by atoms with E-state index in [1.54, 1.807) is 17.5 Å². The van der Waals surface area contributed by atoms with Crippen molar-refractivity contribution < 1.29 is 24.6 Å². The zero-order valence-electron chi connectivity index (χ0n) is 10.5. The van der Waals surface area contributed by atoms with Crippen molar-refractivity contribution in [1.82, 2.24) is 10.2 Å². The maximum absolute atomic E-state index is 11.9. The van der Waals surface area contributed by atoms with Crippen LogP contribution in [0.4, 0.5) is 0 Å². The van der Waals surface area contributed by atoms with Gasteiger partial charge in [-0.25, -0.2) is 4.79 Å². The molecule has 8 heteroatoms. The zero-order valence-corrected chi connectivity index (χ0v) is 11.3.